The zero-order chi connectivity index (χ0) is 9.97. The Balaban J connectivity index is 2.26. The summed E-state index contributed by atoms with van der Waals surface area (Å²) in [5.41, 5.74) is 4.14. The molecule has 1 aliphatic rings. The fourth-order valence-corrected chi connectivity index (χ4v) is 1.95. The first-order chi connectivity index (χ1) is 6.79. The molecule has 75 valence electrons. The predicted molar refractivity (Wildman–Crippen MR) is 58.5 cm³/mol. The van der Waals surface area contributed by atoms with Crippen molar-refractivity contribution in [2.24, 2.45) is 0 Å². The molecule has 1 aromatic carbocycles. The van der Waals surface area contributed by atoms with Crippen molar-refractivity contribution in [2.45, 2.75) is 19.9 Å². The lowest BCUT2D eigenvalue weighted by Crippen LogP contribution is -2.38. The van der Waals surface area contributed by atoms with Crippen LogP contribution in [0.25, 0.3) is 0 Å². The molecule has 1 atom stereocenters. The largest absolute Gasteiger partial charge is 0.313 e. The average molecular weight is 189 g/mol. The van der Waals surface area contributed by atoms with E-state index >= 15 is 0 Å². The third kappa shape index (κ3) is 1.81. The molecule has 1 unspecified atom stereocenters. The first-order valence-corrected chi connectivity index (χ1v) is 5.22. The molecule has 0 spiro atoms. The first kappa shape index (κ1) is 9.69. The van der Waals surface area contributed by atoms with Gasteiger partial charge in [-0.3, -0.25) is 0 Å². The molecule has 0 saturated carbocycles. The minimum absolute atomic E-state index is 0.364. The van der Waals surface area contributed by atoms with E-state index in [1.165, 1.54) is 16.7 Å². The van der Waals surface area contributed by atoms with Crippen molar-refractivity contribution in [2.75, 3.05) is 19.6 Å². The Morgan fingerprint density at radius 1 is 1.36 bits per heavy atom. The Bertz CT molecular complexity index is 314. The summed E-state index contributed by atoms with van der Waals surface area (Å²) < 4.78 is 0. The molecule has 2 nitrogen and oxygen atoms in total. The highest BCUT2D eigenvalue weighted by atomic mass is 15.1. The van der Waals surface area contributed by atoms with Gasteiger partial charge in [-0.25, -0.2) is 5.32 Å². The van der Waals surface area contributed by atoms with Crippen molar-refractivity contribution in [3.8, 4) is 0 Å². The quantitative estimate of drug-likeness (QED) is 0.712. The van der Waals surface area contributed by atoms with E-state index in [0.717, 1.165) is 19.6 Å². The van der Waals surface area contributed by atoms with Gasteiger partial charge in [0.1, 0.15) is 0 Å². The van der Waals surface area contributed by atoms with Crippen molar-refractivity contribution in [3.05, 3.63) is 34.9 Å². The number of nitrogens with one attached hydrogen (secondary N) is 1. The highest BCUT2D eigenvalue weighted by Crippen LogP contribution is 2.21. The summed E-state index contributed by atoms with van der Waals surface area (Å²) in [6.07, 6.45) is 0. The summed E-state index contributed by atoms with van der Waals surface area (Å²) in [6, 6.07) is 6.85. The minimum atomic E-state index is 0.364. The maximum atomic E-state index is 4.64. The Morgan fingerprint density at radius 3 is 2.93 bits per heavy atom. The summed E-state index contributed by atoms with van der Waals surface area (Å²) in [5.74, 6) is 0. The van der Waals surface area contributed by atoms with E-state index in [2.05, 4.69) is 42.7 Å². The molecule has 0 aliphatic carbocycles. The van der Waals surface area contributed by atoms with Crippen molar-refractivity contribution < 1.29 is 0 Å². The molecule has 1 aliphatic heterocycles. The number of piperazine rings is 1. The Morgan fingerprint density at radius 2 is 2.21 bits per heavy atom. The zero-order valence-electron chi connectivity index (χ0n) is 8.88. The summed E-state index contributed by atoms with van der Waals surface area (Å²) in [6.45, 7) is 7.31. The highest BCUT2D eigenvalue weighted by molar-refractivity contribution is 5.35. The maximum Gasteiger partial charge on any atom is 0.0623 e. The molecule has 2 rings (SSSR count). The SMILES string of the molecule is Cc1cccc(C2CNCC[N]2)c1C. The van der Waals surface area contributed by atoms with Crippen LogP contribution in [0.3, 0.4) is 0 Å². The van der Waals surface area contributed by atoms with Crippen LogP contribution >= 0.6 is 0 Å². The molecule has 0 aromatic heterocycles. The van der Waals surface area contributed by atoms with Crippen LogP contribution in [0.5, 0.6) is 0 Å². The second kappa shape index (κ2) is 4.11. The standard InChI is InChI=1S/C12H17N2/c1-9-4-3-5-11(10(9)2)12-8-13-6-7-14-12/h3-5,12-13H,6-8H2,1-2H3. The molecular formula is C12H17N2. The predicted octanol–water partition coefficient (Wildman–Crippen LogP) is 1.55. The topological polar surface area (TPSA) is 26.1 Å². The number of hydrogen-bond donors (Lipinski definition) is 1. The van der Waals surface area contributed by atoms with Crippen LogP contribution < -0.4 is 10.6 Å². The van der Waals surface area contributed by atoms with E-state index in [1.807, 2.05) is 0 Å². The second-order valence-electron chi connectivity index (χ2n) is 3.92. The molecule has 1 aromatic rings. The van der Waals surface area contributed by atoms with Gasteiger partial charge in [0, 0.05) is 19.6 Å². The molecular weight excluding hydrogens is 172 g/mol. The van der Waals surface area contributed by atoms with Gasteiger partial charge in [-0.15, -0.1) is 0 Å². The molecule has 1 radical (unpaired) electrons. The molecule has 1 heterocycles. The summed E-state index contributed by atoms with van der Waals surface area (Å²) in [5, 5.41) is 8.03. The van der Waals surface area contributed by atoms with Crippen molar-refractivity contribution in [1.29, 1.82) is 0 Å². The smallest absolute Gasteiger partial charge is 0.0623 e. The second-order valence-corrected chi connectivity index (χ2v) is 3.92. The van der Waals surface area contributed by atoms with Crippen molar-refractivity contribution in [3.63, 3.8) is 0 Å². The van der Waals surface area contributed by atoms with E-state index in [0.29, 0.717) is 6.04 Å². The van der Waals surface area contributed by atoms with Crippen LogP contribution in [-0.2, 0) is 0 Å². The fourth-order valence-electron chi connectivity index (χ4n) is 1.95. The van der Waals surface area contributed by atoms with Gasteiger partial charge in [0.05, 0.1) is 6.04 Å². The van der Waals surface area contributed by atoms with Gasteiger partial charge in [0.2, 0.25) is 0 Å². The van der Waals surface area contributed by atoms with Gasteiger partial charge >= 0.3 is 0 Å². The first-order valence-electron chi connectivity index (χ1n) is 5.22. The Kier molecular flexibility index (Phi) is 2.85. The minimum Gasteiger partial charge on any atom is -0.313 e. The van der Waals surface area contributed by atoms with Gasteiger partial charge < -0.3 is 5.32 Å². The summed E-state index contributed by atoms with van der Waals surface area (Å²) in [4.78, 5) is 0. The molecule has 2 heteroatoms. The van der Waals surface area contributed by atoms with E-state index in [4.69, 9.17) is 0 Å². The van der Waals surface area contributed by atoms with E-state index in [-0.39, 0.29) is 0 Å². The van der Waals surface area contributed by atoms with Gasteiger partial charge in [-0.05, 0) is 30.5 Å². The lowest BCUT2D eigenvalue weighted by Gasteiger charge is -2.25. The Hall–Kier alpha value is -0.860. The molecule has 14 heavy (non-hydrogen) atoms. The van der Waals surface area contributed by atoms with Crippen LogP contribution in [0, 0.1) is 13.8 Å². The maximum absolute atomic E-state index is 4.64. The van der Waals surface area contributed by atoms with E-state index in [1.54, 1.807) is 0 Å². The summed E-state index contributed by atoms with van der Waals surface area (Å²) >= 11 is 0. The summed E-state index contributed by atoms with van der Waals surface area (Å²) in [7, 11) is 0. The lowest BCUT2D eigenvalue weighted by molar-refractivity contribution is 0.420. The third-order valence-electron chi connectivity index (χ3n) is 2.98. The number of hydrogen-bond acceptors (Lipinski definition) is 1. The van der Waals surface area contributed by atoms with Gasteiger partial charge in [0.15, 0.2) is 0 Å². The zero-order valence-corrected chi connectivity index (χ0v) is 8.88. The van der Waals surface area contributed by atoms with Crippen LogP contribution in [0.1, 0.15) is 22.7 Å². The fraction of sp³-hybridized carbons (Fsp3) is 0.500. The van der Waals surface area contributed by atoms with Crippen molar-refractivity contribution >= 4 is 0 Å². The monoisotopic (exact) mass is 189 g/mol. The van der Waals surface area contributed by atoms with Gasteiger partial charge in [-0.2, -0.15) is 0 Å². The number of aryl methyl sites for hydroxylation is 1. The van der Waals surface area contributed by atoms with Crippen LogP contribution in [0.2, 0.25) is 0 Å². The molecule has 0 bridgehead atoms. The third-order valence-corrected chi connectivity index (χ3v) is 2.98. The molecule has 1 N–H and O–H groups in total. The number of rotatable bonds is 1. The number of benzene rings is 1. The van der Waals surface area contributed by atoms with Crippen LogP contribution in [0.15, 0.2) is 18.2 Å². The van der Waals surface area contributed by atoms with Crippen LogP contribution in [-0.4, -0.2) is 19.6 Å². The normalized spacial score (nSPS) is 22.3. The molecule has 1 fully saturated rings. The highest BCUT2D eigenvalue weighted by Gasteiger charge is 2.17. The van der Waals surface area contributed by atoms with Crippen LogP contribution in [0.4, 0.5) is 0 Å². The van der Waals surface area contributed by atoms with Crippen molar-refractivity contribution in [1.82, 2.24) is 10.6 Å². The lowest BCUT2D eigenvalue weighted by atomic mass is 9.96. The Labute approximate surface area is 85.7 Å². The average Bonchev–Trinajstić information content (AvgIpc) is 2.23. The van der Waals surface area contributed by atoms with Gasteiger partial charge in [0.25, 0.3) is 0 Å². The number of nitrogens with zero attached hydrogens (tertiary/aromatic N) is 1. The van der Waals surface area contributed by atoms with E-state index in [9.17, 15) is 0 Å². The molecule has 1 saturated heterocycles. The molecule has 0 amide bonds. The van der Waals surface area contributed by atoms with Gasteiger partial charge in [-0.1, -0.05) is 18.2 Å². The van der Waals surface area contributed by atoms with E-state index < -0.39 is 0 Å².